The van der Waals surface area contributed by atoms with Crippen molar-refractivity contribution in [2.45, 2.75) is 58.2 Å². The highest BCUT2D eigenvalue weighted by Gasteiger charge is 2.58. The van der Waals surface area contributed by atoms with Gasteiger partial charge in [-0.05, 0) is 56.0 Å². The van der Waals surface area contributed by atoms with Crippen LogP contribution >= 0.6 is 0 Å². The smallest absolute Gasteiger partial charge is 0.418 e. The molecule has 1 fully saturated rings. The summed E-state index contributed by atoms with van der Waals surface area (Å²) >= 11 is 0. The van der Waals surface area contributed by atoms with E-state index in [9.17, 15) is 23.6 Å². The van der Waals surface area contributed by atoms with E-state index in [2.05, 4.69) is 0 Å². The Morgan fingerprint density at radius 3 is 2.44 bits per heavy atom. The number of rotatable bonds is 7. The van der Waals surface area contributed by atoms with Crippen molar-refractivity contribution in [3.63, 3.8) is 0 Å². The van der Waals surface area contributed by atoms with Gasteiger partial charge in [-0.3, -0.25) is 14.4 Å². The second-order valence-electron chi connectivity index (χ2n) is 9.20. The lowest BCUT2D eigenvalue weighted by Crippen LogP contribution is -2.46. The number of hydrogen-bond donors (Lipinski definition) is 0. The normalized spacial score (nSPS) is 19.0. The highest BCUT2D eigenvalue weighted by molar-refractivity contribution is 6.06. The highest BCUT2D eigenvalue weighted by Crippen LogP contribution is 2.45. The number of fused-ring (bicyclic) bond motifs is 2. The maximum absolute atomic E-state index is 13.4. The quantitative estimate of drug-likeness (QED) is 0.624. The highest BCUT2D eigenvalue weighted by atomic mass is 19.1. The molecule has 0 radical (unpaired) electrons. The van der Waals surface area contributed by atoms with E-state index in [-0.39, 0.29) is 24.2 Å². The van der Waals surface area contributed by atoms with Crippen molar-refractivity contribution in [3.8, 4) is 0 Å². The Morgan fingerprint density at radius 2 is 1.79 bits per heavy atom. The van der Waals surface area contributed by atoms with E-state index < -0.39 is 30.1 Å². The van der Waals surface area contributed by atoms with Gasteiger partial charge < -0.3 is 9.64 Å². The van der Waals surface area contributed by atoms with Crippen LogP contribution in [0.15, 0.2) is 42.5 Å². The molecule has 3 amide bonds. The van der Waals surface area contributed by atoms with Crippen molar-refractivity contribution in [1.82, 2.24) is 9.80 Å². The van der Waals surface area contributed by atoms with Crippen LogP contribution < -0.4 is 0 Å². The second-order valence-corrected chi connectivity index (χ2v) is 9.20. The summed E-state index contributed by atoms with van der Waals surface area (Å²) in [5.41, 5.74) is 1.64. The number of carbonyl (C=O) groups excluding carboxylic acids is 4. The molecule has 0 saturated carbocycles. The molecule has 0 bridgehead atoms. The first-order valence-corrected chi connectivity index (χ1v) is 11.3. The molecule has 1 saturated heterocycles. The first-order chi connectivity index (χ1) is 16.1. The van der Waals surface area contributed by atoms with Crippen molar-refractivity contribution in [3.05, 3.63) is 70.5 Å². The lowest BCUT2D eigenvalue weighted by Gasteiger charge is -2.28. The van der Waals surface area contributed by atoms with Gasteiger partial charge in [-0.25, -0.2) is 14.1 Å². The zero-order chi connectivity index (χ0) is 24.6. The number of aryl methyl sites for hydroxylation is 1. The summed E-state index contributed by atoms with van der Waals surface area (Å²) in [5.74, 6) is -1.28. The molecule has 0 N–H and O–H groups in total. The second kappa shape index (κ2) is 9.00. The van der Waals surface area contributed by atoms with E-state index >= 15 is 0 Å². The molecule has 1 aliphatic heterocycles. The largest absolute Gasteiger partial charge is 0.427 e. The number of halogens is 1. The monoisotopic (exact) mass is 466 g/mol. The Hall–Kier alpha value is -3.55. The minimum Gasteiger partial charge on any atom is -0.427 e. The fourth-order valence-corrected chi connectivity index (χ4v) is 4.68. The van der Waals surface area contributed by atoms with Crippen LogP contribution in [0.5, 0.6) is 0 Å². The van der Waals surface area contributed by atoms with Crippen molar-refractivity contribution in [1.29, 1.82) is 0 Å². The van der Waals surface area contributed by atoms with Gasteiger partial charge in [0.05, 0.1) is 0 Å². The third-order valence-electron chi connectivity index (χ3n) is 6.38. The van der Waals surface area contributed by atoms with Crippen molar-refractivity contribution < 1.29 is 28.3 Å². The van der Waals surface area contributed by atoms with Crippen molar-refractivity contribution >= 4 is 23.7 Å². The molecule has 2 aromatic carbocycles. The van der Waals surface area contributed by atoms with Crippen LogP contribution in [0.3, 0.4) is 0 Å². The average molecular weight is 467 g/mol. The number of imide groups is 1. The van der Waals surface area contributed by atoms with Gasteiger partial charge in [0.1, 0.15) is 18.1 Å². The molecule has 1 aliphatic carbocycles. The van der Waals surface area contributed by atoms with Gasteiger partial charge in [-0.15, -0.1) is 0 Å². The number of benzene rings is 2. The number of nitrogens with zero attached hydrogens (tertiary/aromatic N) is 2. The Balaban J connectivity index is 1.52. The Kier molecular flexibility index (Phi) is 6.25. The molecule has 2 aromatic rings. The third-order valence-corrected chi connectivity index (χ3v) is 6.38. The summed E-state index contributed by atoms with van der Waals surface area (Å²) in [4.78, 5) is 53.1. The maximum atomic E-state index is 13.4. The third kappa shape index (κ3) is 4.32. The topological polar surface area (TPSA) is 84.0 Å². The molecule has 7 nitrogen and oxygen atoms in total. The van der Waals surface area contributed by atoms with E-state index in [4.69, 9.17) is 4.74 Å². The molecule has 1 unspecified atom stereocenters. The fourth-order valence-electron chi connectivity index (χ4n) is 4.68. The molecule has 2 aliphatic rings. The Morgan fingerprint density at radius 1 is 1.12 bits per heavy atom. The summed E-state index contributed by atoms with van der Waals surface area (Å²) in [5, 5.41) is 0. The van der Waals surface area contributed by atoms with E-state index in [1.54, 1.807) is 24.3 Å². The predicted molar refractivity (Wildman–Crippen MR) is 121 cm³/mol. The number of ether oxygens (including phenoxy) is 1. The van der Waals surface area contributed by atoms with E-state index in [0.717, 1.165) is 21.6 Å². The van der Waals surface area contributed by atoms with Crippen LogP contribution in [-0.4, -0.2) is 46.1 Å². The van der Waals surface area contributed by atoms with Gasteiger partial charge >= 0.3 is 6.09 Å². The lowest BCUT2D eigenvalue weighted by atomic mass is 9.93. The van der Waals surface area contributed by atoms with Crippen LogP contribution in [0, 0.1) is 5.82 Å². The lowest BCUT2D eigenvalue weighted by molar-refractivity contribution is -0.142. The summed E-state index contributed by atoms with van der Waals surface area (Å²) in [6.07, 6.45) is 0.285. The summed E-state index contributed by atoms with van der Waals surface area (Å²) < 4.78 is 18.8. The molecule has 8 heteroatoms. The van der Waals surface area contributed by atoms with Gasteiger partial charge in [0.15, 0.2) is 0 Å². The van der Waals surface area contributed by atoms with Crippen LogP contribution in [0.1, 0.15) is 49.4 Å². The maximum Gasteiger partial charge on any atom is 0.418 e. The molecule has 1 atom stereocenters. The van der Waals surface area contributed by atoms with Gasteiger partial charge in [-0.1, -0.05) is 30.3 Å². The number of ketones is 1. The van der Waals surface area contributed by atoms with E-state index in [1.165, 1.54) is 24.0 Å². The van der Waals surface area contributed by atoms with Crippen molar-refractivity contribution in [2.24, 2.45) is 0 Å². The number of amides is 3. The van der Waals surface area contributed by atoms with Gasteiger partial charge in [-0.2, -0.15) is 0 Å². The number of hydrogen-bond acceptors (Lipinski definition) is 5. The summed E-state index contributed by atoms with van der Waals surface area (Å²) in [6.45, 7) is 4.97. The molecule has 0 aromatic heterocycles. The molecular formula is C26H27FN2O5. The average Bonchev–Trinajstić information content (AvgIpc) is 3.25. The predicted octanol–water partition coefficient (Wildman–Crippen LogP) is 3.51. The minimum absolute atomic E-state index is 0.0380. The molecular weight excluding hydrogens is 439 g/mol. The van der Waals surface area contributed by atoms with Crippen LogP contribution in [-0.2, 0) is 44.1 Å². The zero-order valence-electron chi connectivity index (χ0n) is 19.5. The van der Waals surface area contributed by atoms with Crippen molar-refractivity contribution in [2.75, 3.05) is 6.54 Å². The van der Waals surface area contributed by atoms with Gasteiger partial charge in [0.25, 0.3) is 5.91 Å². The summed E-state index contributed by atoms with van der Waals surface area (Å²) in [6, 6.07) is 11.0. The van der Waals surface area contributed by atoms with Crippen LogP contribution in [0.4, 0.5) is 9.18 Å². The van der Waals surface area contributed by atoms with E-state index in [0.29, 0.717) is 24.8 Å². The SMILES string of the molecule is CC(=O)Cc1ccc2c(c1)CCC21OC(=O)N(CC(=O)N(Cc2ccc(F)cc2)C(C)C)C1=O. The standard InChI is InChI=1S/C26H27FN2O5/c1-16(2)28(14-18-4-7-21(27)8-5-18)23(31)15-29-24(32)26(34-25(29)33)11-10-20-13-19(12-17(3)30)6-9-22(20)26/h4-9,13,16H,10-12,14-15H2,1-3H3. The van der Waals surface area contributed by atoms with Gasteiger partial charge in [0, 0.05) is 31.0 Å². The number of carbonyl (C=O) groups is 4. The Bertz CT molecular complexity index is 1160. The van der Waals surface area contributed by atoms with Crippen LogP contribution in [0.25, 0.3) is 0 Å². The zero-order valence-corrected chi connectivity index (χ0v) is 19.5. The first kappa shape index (κ1) is 23.6. The number of Topliss-reactive ketones (excluding diaryl/α,β-unsaturated/α-hetero) is 1. The minimum atomic E-state index is -1.43. The molecule has 4 rings (SSSR count). The van der Waals surface area contributed by atoms with Crippen LogP contribution in [0.2, 0.25) is 0 Å². The van der Waals surface area contributed by atoms with Gasteiger partial charge in [0.2, 0.25) is 11.5 Å². The Labute approximate surface area is 197 Å². The molecule has 1 spiro atoms. The molecule has 178 valence electrons. The molecule has 1 heterocycles. The summed E-state index contributed by atoms with van der Waals surface area (Å²) in [7, 11) is 0. The fraction of sp³-hybridized carbons (Fsp3) is 0.385. The first-order valence-electron chi connectivity index (χ1n) is 11.3. The molecule has 34 heavy (non-hydrogen) atoms. The van der Waals surface area contributed by atoms with E-state index in [1.807, 2.05) is 19.9 Å².